The number of halogens is 3. The van der Waals surface area contributed by atoms with Crippen LogP contribution in [0.25, 0.3) is 0 Å². The molecule has 0 saturated carbocycles. The fraction of sp³-hybridized carbons (Fsp3) is 0.571. The topological polar surface area (TPSA) is 3.24 Å². The summed E-state index contributed by atoms with van der Waals surface area (Å²) in [6.45, 7) is 5.24. The van der Waals surface area contributed by atoms with Crippen LogP contribution in [0.3, 0.4) is 0 Å². The molecule has 1 rings (SSSR count). The van der Waals surface area contributed by atoms with Gasteiger partial charge in [0.1, 0.15) is 0 Å². The Bertz CT molecular complexity index is 360. The van der Waals surface area contributed by atoms with E-state index in [1.165, 1.54) is 6.07 Å². The molecule has 0 aliphatic carbocycles. The van der Waals surface area contributed by atoms with Crippen molar-refractivity contribution in [1.82, 2.24) is 0 Å². The number of nitrogens with zero attached hydrogens (tertiary/aromatic N) is 1. The van der Waals surface area contributed by atoms with Gasteiger partial charge in [-0.2, -0.15) is 13.2 Å². The Morgan fingerprint density at radius 1 is 1.06 bits per heavy atom. The van der Waals surface area contributed by atoms with E-state index < -0.39 is 11.7 Å². The maximum atomic E-state index is 12.9. The Morgan fingerprint density at radius 2 is 1.72 bits per heavy atom. The highest BCUT2D eigenvalue weighted by Gasteiger charge is 2.34. The van der Waals surface area contributed by atoms with Gasteiger partial charge in [0, 0.05) is 18.8 Å². The van der Waals surface area contributed by atoms with Crippen molar-refractivity contribution in [2.45, 2.75) is 39.3 Å². The van der Waals surface area contributed by atoms with Gasteiger partial charge in [0.2, 0.25) is 0 Å². The summed E-state index contributed by atoms with van der Waals surface area (Å²) in [4.78, 5) is 1.80. The minimum Gasteiger partial charge on any atom is -0.371 e. The van der Waals surface area contributed by atoms with Gasteiger partial charge >= 0.3 is 6.18 Å². The number of alkyl halides is 3. The molecule has 0 N–H and O–H groups in total. The number of hydrogen-bond donors (Lipinski definition) is 0. The first-order valence-electron chi connectivity index (χ1n) is 6.41. The first-order chi connectivity index (χ1) is 8.50. The van der Waals surface area contributed by atoms with Crippen molar-refractivity contribution in [2.24, 2.45) is 0 Å². The lowest BCUT2D eigenvalue weighted by molar-refractivity contribution is -0.137. The zero-order valence-electron chi connectivity index (χ0n) is 10.9. The first kappa shape index (κ1) is 14.9. The molecule has 0 amide bonds. The second-order valence-electron chi connectivity index (χ2n) is 4.30. The average molecular weight is 259 g/mol. The maximum absolute atomic E-state index is 12.9. The van der Waals surface area contributed by atoms with Crippen LogP contribution >= 0.6 is 0 Å². The zero-order chi connectivity index (χ0) is 13.6. The van der Waals surface area contributed by atoms with Gasteiger partial charge in [0.05, 0.1) is 5.56 Å². The molecule has 0 radical (unpaired) electrons. The van der Waals surface area contributed by atoms with Crippen LogP contribution in [0.4, 0.5) is 18.9 Å². The fourth-order valence-corrected chi connectivity index (χ4v) is 1.99. The Hall–Kier alpha value is -1.19. The van der Waals surface area contributed by atoms with E-state index in [1.54, 1.807) is 17.0 Å². The lowest BCUT2D eigenvalue weighted by Crippen LogP contribution is -2.26. The Morgan fingerprint density at radius 3 is 2.28 bits per heavy atom. The lowest BCUT2D eigenvalue weighted by Gasteiger charge is -2.26. The number of unbranched alkanes of at least 4 members (excludes halogenated alkanes) is 2. The predicted molar refractivity (Wildman–Crippen MR) is 68.9 cm³/mol. The lowest BCUT2D eigenvalue weighted by atomic mass is 10.1. The number of para-hydroxylation sites is 1. The summed E-state index contributed by atoms with van der Waals surface area (Å²) >= 11 is 0. The number of hydrogen-bond acceptors (Lipinski definition) is 1. The van der Waals surface area contributed by atoms with Crippen molar-refractivity contribution in [2.75, 3.05) is 18.0 Å². The van der Waals surface area contributed by atoms with Crippen molar-refractivity contribution >= 4 is 5.69 Å². The summed E-state index contributed by atoms with van der Waals surface area (Å²) in [6.07, 6.45) is -1.24. The highest BCUT2D eigenvalue weighted by Crippen LogP contribution is 2.36. The summed E-state index contributed by atoms with van der Waals surface area (Å²) in [7, 11) is 0. The molecule has 0 bridgehead atoms. The molecule has 18 heavy (non-hydrogen) atoms. The average Bonchev–Trinajstić information content (AvgIpc) is 2.34. The van der Waals surface area contributed by atoms with E-state index >= 15 is 0 Å². The number of rotatable bonds is 6. The van der Waals surface area contributed by atoms with Gasteiger partial charge in [-0.15, -0.1) is 0 Å². The Labute approximate surface area is 107 Å². The van der Waals surface area contributed by atoms with Crippen molar-refractivity contribution in [3.05, 3.63) is 29.8 Å². The molecule has 0 aliphatic rings. The minimum atomic E-state index is -4.28. The van der Waals surface area contributed by atoms with Crippen molar-refractivity contribution in [3.63, 3.8) is 0 Å². The molecule has 0 atom stereocenters. The van der Waals surface area contributed by atoms with E-state index in [1.807, 2.05) is 6.92 Å². The normalized spacial score (nSPS) is 11.6. The van der Waals surface area contributed by atoms with Gasteiger partial charge in [-0.1, -0.05) is 31.9 Å². The van der Waals surface area contributed by atoms with E-state index in [4.69, 9.17) is 0 Å². The van der Waals surface area contributed by atoms with Gasteiger partial charge in [0.15, 0.2) is 0 Å². The molecule has 0 aromatic heterocycles. The van der Waals surface area contributed by atoms with Crippen LogP contribution < -0.4 is 4.90 Å². The third-order valence-electron chi connectivity index (χ3n) is 2.96. The summed E-state index contributed by atoms with van der Waals surface area (Å²) in [6, 6.07) is 5.80. The van der Waals surface area contributed by atoms with Gasteiger partial charge < -0.3 is 4.90 Å². The van der Waals surface area contributed by atoms with E-state index in [0.29, 0.717) is 18.8 Å². The molecule has 0 saturated heterocycles. The van der Waals surface area contributed by atoms with Crippen molar-refractivity contribution in [1.29, 1.82) is 0 Å². The van der Waals surface area contributed by atoms with Crippen molar-refractivity contribution < 1.29 is 13.2 Å². The quantitative estimate of drug-likeness (QED) is 0.668. The fourth-order valence-electron chi connectivity index (χ4n) is 1.99. The van der Waals surface area contributed by atoms with E-state index in [0.717, 1.165) is 25.3 Å². The van der Waals surface area contributed by atoms with Crippen LogP contribution in [-0.4, -0.2) is 13.1 Å². The van der Waals surface area contributed by atoms with Gasteiger partial charge in [-0.25, -0.2) is 0 Å². The highest BCUT2D eigenvalue weighted by molar-refractivity contribution is 5.54. The Kier molecular flexibility index (Phi) is 5.51. The summed E-state index contributed by atoms with van der Waals surface area (Å²) in [5, 5.41) is 0. The van der Waals surface area contributed by atoms with Crippen LogP contribution in [0, 0.1) is 0 Å². The predicted octanol–water partition coefficient (Wildman–Crippen LogP) is 4.72. The first-order valence-corrected chi connectivity index (χ1v) is 6.41. The monoisotopic (exact) mass is 259 g/mol. The standard InChI is InChI=1S/C14H20F3N/c1-3-5-8-11-18(4-2)13-10-7-6-9-12(13)14(15,16)17/h6-7,9-10H,3-5,8,11H2,1-2H3. The molecule has 4 heteroatoms. The molecule has 1 nitrogen and oxygen atoms in total. The van der Waals surface area contributed by atoms with Crippen LogP contribution in [0.2, 0.25) is 0 Å². The number of benzene rings is 1. The molecule has 0 fully saturated rings. The second kappa shape index (κ2) is 6.66. The van der Waals surface area contributed by atoms with E-state index in [2.05, 4.69) is 6.92 Å². The van der Waals surface area contributed by atoms with E-state index in [9.17, 15) is 13.2 Å². The SMILES string of the molecule is CCCCCN(CC)c1ccccc1C(F)(F)F. The largest absolute Gasteiger partial charge is 0.418 e. The molecule has 0 aliphatic heterocycles. The maximum Gasteiger partial charge on any atom is 0.418 e. The molecule has 102 valence electrons. The summed E-state index contributed by atoms with van der Waals surface area (Å²) in [5.74, 6) is 0. The van der Waals surface area contributed by atoms with Crippen LogP contribution in [0.15, 0.2) is 24.3 Å². The van der Waals surface area contributed by atoms with Gasteiger partial charge in [-0.3, -0.25) is 0 Å². The third-order valence-corrected chi connectivity index (χ3v) is 2.96. The van der Waals surface area contributed by atoms with Crippen LogP contribution in [0.1, 0.15) is 38.7 Å². The zero-order valence-corrected chi connectivity index (χ0v) is 10.9. The molecule has 0 unspecified atom stereocenters. The minimum absolute atomic E-state index is 0.295. The van der Waals surface area contributed by atoms with Crippen LogP contribution in [-0.2, 0) is 6.18 Å². The van der Waals surface area contributed by atoms with E-state index in [-0.39, 0.29) is 0 Å². The molecule has 0 heterocycles. The summed E-state index contributed by atoms with van der Waals surface area (Å²) < 4.78 is 38.7. The third kappa shape index (κ3) is 3.93. The molecule has 0 spiro atoms. The molecule has 1 aromatic rings. The Balaban J connectivity index is 2.91. The number of anilines is 1. The molecule has 1 aromatic carbocycles. The van der Waals surface area contributed by atoms with Crippen LogP contribution in [0.5, 0.6) is 0 Å². The molecular formula is C14H20F3N. The molecular weight excluding hydrogens is 239 g/mol. The van der Waals surface area contributed by atoms with Gasteiger partial charge in [-0.05, 0) is 25.5 Å². The summed E-state index contributed by atoms with van der Waals surface area (Å²) in [5.41, 5.74) is -0.244. The second-order valence-corrected chi connectivity index (χ2v) is 4.30. The van der Waals surface area contributed by atoms with Crippen molar-refractivity contribution in [3.8, 4) is 0 Å². The van der Waals surface area contributed by atoms with Gasteiger partial charge in [0.25, 0.3) is 0 Å². The highest BCUT2D eigenvalue weighted by atomic mass is 19.4. The smallest absolute Gasteiger partial charge is 0.371 e.